The van der Waals surface area contributed by atoms with Gasteiger partial charge in [0, 0.05) is 25.0 Å². The van der Waals surface area contributed by atoms with Crippen molar-refractivity contribution in [3.63, 3.8) is 0 Å². The van der Waals surface area contributed by atoms with E-state index in [0.717, 1.165) is 48.9 Å². The molecule has 1 aliphatic heterocycles. The van der Waals surface area contributed by atoms with Crippen molar-refractivity contribution in [1.82, 2.24) is 9.80 Å². The third-order valence-corrected chi connectivity index (χ3v) is 7.57. The number of anilines is 1. The van der Waals surface area contributed by atoms with Crippen molar-refractivity contribution in [1.29, 1.82) is 0 Å². The maximum absolute atomic E-state index is 13.7. The van der Waals surface area contributed by atoms with Crippen LogP contribution in [0.1, 0.15) is 49.3 Å². The number of carbonyl (C=O) groups is 3. The fourth-order valence-electron chi connectivity index (χ4n) is 5.78. The number of nitrogens with zero attached hydrogens (tertiary/aromatic N) is 3. The Balaban J connectivity index is 1.46. The Morgan fingerprint density at radius 2 is 1.69 bits per heavy atom. The van der Waals surface area contributed by atoms with E-state index in [1.54, 1.807) is 7.05 Å². The summed E-state index contributed by atoms with van der Waals surface area (Å²) in [6.07, 6.45) is 4.29. The van der Waals surface area contributed by atoms with Gasteiger partial charge in [0.05, 0.1) is 18.8 Å². The molecule has 2 aromatic rings. The molecule has 3 unspecified atom stereocenters. The average molecular weight is 492 g/mol. The van der Waals surface area contributed by atoms with Gasteiger partial charge in [0.2, 0.25) is 0 Å². The summed E-state index contributed by atoms with van der Waals surface area (Å²) in [5, 5.41) is 0. The van der Waals surface area contributed by atoms with Crippen LogP contribution >= 0.6 is 0 Å². The molecule has 3 amide bonds. The highest BCUT2D eigenvalue weighted by Gasteiger charge is 2.52. The smallest absolute Gasteiger partial charge is 0.414 e. The molecule has 0 radical (unpaired) electrons. The molecule has 5 rings (SSSR count). The number of esters is 1. The van der Waals surface area contributed by atoms with Crippen LogP contribution in [0.15, 0.2) is 54.6 Å². The maximum Gasteiger partial charge on any atom is 0.414 e. The Hall–Kier alpha value is -3.55. The van der Waals surface area contributed by atoms with Crippen LogP contribution in [0.2, 0.25) is 0 Å². The molecule has 190 valence electrons. The molecule has 8 nitrogen and oxygen atoms in total. The molecule has 2 aromatic carbocycles. The first-order valence-electron chi connectivity index (χ1n) is 12.7. The lowest BCUT2D eigenvalue weighted by atomic mass is 9.82. The van der Waals surface area contributed by atoms with Crippen molar-refractivity contribution in [3.05, 3.63) is 65.7 Å². The van der Waals surface area contributed by atoms with E-state index in [9.17, 15) is 14.4 Å². The van der Waals surface area contributed by atoms with Crippen LogP contribution < -0.4 is 4.90 Å². The van der Waals surface area contributed by atoms with Crippen molar-refractivity contribution in [2.24, 2.45) is 5.92 Å². The predicted octanol–water partition coefficient (Wildman–Crippen LogP) is 4.74. The summed E-state index contributed by atoms with van der Waals surface area (Å²) < 4.78 is 10.6. The summed E-state index contributed by atoms with van der Waals surface area (Å²) in [5.41, 5.74) is 2.71. The van der Waals surface area contributed by atoms with Crippen LogP contribution in [0.5, 0.6) is 0 Å². The number of methoxy groups -OCH3 is 1. The zero-order chi connectivity index (χ0) is 25.2. The van der Waals surface area contributed by atoms with Crippen molar-refractivity contribution >= 4 is 23.8 Å². The largest absolute Gasteiger partial charge is 0.468 e. The molecule has 0 spiro atoms. The van der Waals surface area contributed by atoms with Crippen LogP contribution in [0.25, 0.3) is 0 Å². The number of hydrogen-bond acceptors (Lipinski definition) is 5. The summed E-state index contributed by atoms with van der Waals surface area (Å²) in [6.45, 7) is 0.114. The highest BCUT2D eigenvalue weighted by Crippen LogP contribution is 2.52. The Labute approximate surface area is 211 Å². The minimum Gasteiger partial charge on any atom is -0.468 e. The van der Waals surface area contributed by atoms with Crippen molar-refractivity contribution in [2.75, 3.05) is 25.6 Å². The lowest BCUT2D eigenvalue weighted by Crippen LogP contribution is -2.55. The molecule has 1 heterocycles. The number of urea groups is 1. The second-order valence-electron chi connectivity index (χ2n) is 9.93. The van der Waals surface area contributed by atoms with Crippen LogP contribution in [-0.2, 0) is 20.9 Å². The number of para-hydroxylation sites is 1. The first-order valence-corrected chi connectivity index (χ1v) is 12.7. The number of fused-ring (bicyclic) bond motifs is 2. The van der Waals surface area contributed by atoms with E-state index < -0.39 is 5.97 Å². The van der Waals surface area contributed by atoms with Crippen LogP contribution in [0.3, 0.4) is 0 Å². The van der Waals surface area contributed by atoms with Crippen LogP contribution in [-0.4, -0.2) is 60.7 Å². The number of hydrogen-bond donors (Lipinski definition) is 0. The molecule has 0 aromatic heterocycles. The third-order valence-electron chi connectivity index (χ3n) is 7.57. The molecule has 2 saturated carbocycles. The number of carbonyl (C=O) groups excluding carboxylic acids is 3. The van der Waals surface area contributed by atoms with Gasteiger partial charge in [-0.2, -0.15) is 0 Å². The molecule has 2 aliphatic carbocycles. The fraction of sp³-hybridized carbons (Fsp3) is 0.464. The Morgan fingerprint density at radius 3 is 2.42 bits per heavy atom. The maximum atomic E-state index is 13.7. The van der Waals surface area contributed by atoms with E-state index in [1.807, 2.05) is 64.4 Å². The molecule has 0 bridgehead atoms. The zero-order valence-electron chi connectivity index (χ0n) is 20.8. The summed E-state index contributed by atoms with van der Waals surface area (Å²) in [6, 6.07) is 17.3. The topological polar surface area (TPSA) is 79.4 Å². The molecular weight excluding hydrogens is 458 g/mol. The third kappa shape index (κ3) is 4.64. The van der Waals surface area contributed by atoms with Gasteiger partial charge in [-0.05, 0) is 42.9 Å². The predicted molar refractivity (Wildman–Crippen MR) is 134 cm³/mol. The minimum atomic E-state index is -0.447. The van der Waals surface area contributed by atoms with Gasteiger partial charge >= 0.3 is 18.1 Å². The average Bonchev–Trinajstić information content (AvgIpc) is 3.62. The molecule has 0 saturated heterocycles. The summed E-state index contributed by atoms with van der Waals surface area (Å²) in [7, 11) is 2.97. The lowest BCUT2D eigenvalue weighted by Gasteiger charge is -2.47. The number of rotatable bonds is 6. The highest BCUT2D eigenvalue weighted by atomic mass is 16.6. The van der Waals surface area contributed by atoms with E-state index in [0.29, 0.717) is 0 Å². The van der Waals surface area contributed by atoms with Gasteiger partial charge in [-0.15, -0.1) is 0 Å². The Morgan fingerprint density at radius 1 is 0.972 bits per heavy atom. The number of amides is 3. The van der Waals surface area contributed by atoms with Gasteiger partial charge in [0.1, 0.15) is 13.2 Å². The standard InChI is InChI=1S/C28H33N3O5/c1-29(17-25(32)35-2)27(33)30(20-15-16-20)26-21-11-6-7-13-23(21)31(24-14-8-12-22(24)26)28(34)36-18-19-9-4-3-5-10-19/h3-7,9-11,13,20,22,24,26H,8,12,14-18H2,1-2H3. The molecule has 0 N–H and O–H groups in total. The SMILES string of the molecule is COC(=O)CN(C)C(=O)N(C1CC1)C1c2ccccc2N(C(=O)OCc2ccccc2)C2CCCC21. The van der Waals surface area contributed by atoms with E-state index in [1.165, 1.54) is 12.0 Å². The summed E-state index contributed by atoms with van der Waals surface area (Å²) in [5.74, 6) is -0.350. The molecular formula is C28H33N3O5. The second kappa shape index (κ2) is 10.2. The minimum absolute atomic E-state index is 0.0480. The van der Waals surface area contributed by atoms with Gasteiger partial charge in [-0.3, -0.25) is 9.69 Å². The van der Waals surface area contributed by atoms with Crippen LogP contribution in [0, 0.1) is 5.92 Å². The lowest BCUT2D eigenvalue weighted by molar-refractivity contribution is -0.141. The number of ether oxygens (including phenoxy) is 2. The van der Waals surface area contributed by atoms with Crippen molar-refractivity contribution in [2.45, 2.75) is 56.8 Å². The number of likely N-dealkylation sites (N-methyl/N-ethyl adjacent to an activating group) is 1. The number of benzene rings is 2. The van der Waals surface area contributed by atoms with Gasteiger partial charge in [-0.1, -0.05) is 55.0 Å². The second-order valence-corrected chi connectivity index (χ2v) is 9.93. The summed E-state index contributed by atoms with van der Waals surface area (Å²) in [4.78, 5) is 44.3. The molecule has 8 heteroatoms. The van der Waals surface area contributed by atoms with Crippen molar-refractivity contribution < 1.29 is 23.9 Å². The zero-order valence-corrected chi connectivity index (χ0v) is 20.8. The van der Waals surface area contributed by atoms with Gasteiger partial charge in [0.15, 0.2) is 0 Å². The van der Waals surface area contributed by atoms with Crippen LogP contribution in [0.4, 0.5) is 15.3 Å². The quantitative estimate of drug-likeness (QED) is 0.545. The molecule has 36 heavy (non-hydrogen) atoms. The van der Waals surface area contributed by atoms with E-state index in [-0.39, 0.29) is 49.3 Å². The highest BCUT2D eigenvalue weighted by molar-refractivity contribution is 5.91. The Bertz CT molecular complexity index is 1120. The monoisotopic (exact) mass is 491 g/mol. The van der Waals surface area contributed by atoms with E-state index in [2.05, 4.69) is 0 Å². The van der Waals surface area contributed by atoms with Crippen molar-refractivity contribution in [3.8, 4) is 0 Å². The normalized spacial score (nSPS) is 22.3. The molecule has 2 fully saturated rings. The van der Waals surface area contributed by atoms with Gasteiger partial charge in [0.25, 0.3) is 0 Å². The first kappa shape index (κ1) is 24.2. The van der Waals surface area contributed by atoms with E-state index in [4.69, 9.17) is 9.47 Å². The molecule has 3 aliphatic rings. The Kier molecular flexibility index (Phi) is 6.85. The van der Waals surface area contributed by atoms with E-state index >= 15 is 0 Å². The van der Waals surface area contributed by atoms with Gasteiger partial charge in [-0.25, -0.2) is 9.59 Å². The molecule has 3 atom stereocenters. The first-order chi connectivity index (χ1) is 17.5. The summed E-state index contributed by atoms with van der Waals surface area (Å²) >= 11 is 0. The fourth-order valence-corrected chi connectivity index (χ4v) is 5.78. The van der Waals surface area contributed by atoms with Gasteiger partial charge < -0.3 is 19.3 Å².